The Morgan fingerprint density at radius 3 is 2.48 bits per heavy atom. The molecular formula is C22H27N3O4. The van der Waals surface area contributed by atoms with Crippen LogP contribution in [0.4, 0.5) is 5.82 Å². The van der Waals surface area contributed by atoms with Gasteiger partial charge in [-0.1, -0.05) is 12.1 Å². The molecule has 2 saturated heterocycles. The van der Waals surface area contributed by atoms with E-state index in [1.54, 1.807) is 13.3 Å². The van der Waals surface area contributed by atoms with E-state index in [2.05, 4.69) is 15.2 Å². The Morgan fingerprint density at radius 2 is 1.86 bits per heavy atom. The molecule has 0 saturated carbocycles. The molecule has 1 aromatic carbocycles. The van der Waals surface area contributed by atoms with Crippen LogP contribution < -0.4 is 15.0 Å². The van der Waals surface area contributed by atoms with Crippen LogP contribution in [0.5, 0.6) is 5.75 Å². The molecule has 0 atom stereocenters. The van der Waals surface area contributed by atoms with Gasteiger partial charge in [0.15, 0.2) is 5.79 Å². The number of hydrogen-bond donors (Lipinski definition) is 1. The molecular weight excluding hydrogens is 370 g/mol. The third-order valence-electron chi connectivity index (χ3n) is 5.53. The number of rotatable bonds is 6. The summed E-state index contributed by atoms with van der Waals surface area (Å²) >= 11 is 0. The van der Waals surface area contributed by atoms with Crippen LogP contribution in [0.2, 0.25) is 0 Å². The van der Waals surface area contributed by atoms with Gasteiger partial charge in [-0.25, -0.2) is 4.98 Å². The first-order chi connectivity index (χ1) is 14.2. The number of carbonyl (C=O) groups excluding carboxylic acids is 1. The van der Waals surface area contributed by atoms with Crippen molar-refractivity contribution in [3.8, 4) is 5.75 Å². The van der Waals surface area contributed by atoms with Crippen molar-refractivity contribution in [2.75, 3.05) is 44.9 Å². The highest BCUT2D eigenvalue weighted by Crippen LogP contribution is 2.32. The zero-order valence-electron chi connectivity index (χ0n) is 16.7. The average molecular weight is 397 g/mol. The van der Waals surface area contributed by atoms with Crippen molar-refractivity contribution in [3.05, 3.63) is 53.7 Å². The Balaban J connectivity index is 1.25. The summed E-state index contributed by atoms with van der Waals surface area (Å²) in [5, 5.41) is 2.95. The van der Waals surface area contributed by atoms with Gasteiger partial charge in [0, 0.05) is 38.7 Å². The smallest absolute Gasteiger partial charge is 0.252 e. The van der Waals surface area contributed by atoms with Crippen LogP contribution in [-0.2, 0) is 15.9 Å². The molecule has 0 radical (unpaired) electrons. The third kappa shape index (κ3) is 4.68. The van der Waals surface area contributed by atoms with Crippen molar-refractivity contribution in [2.24, 2.45) is 0 Å². The molecule has 7 heteroatoms. The van der Waals surface area contributed by atoms with Crippen LogP contribution in [-0.4, -0.2) is 56.6 Å². The van der Waals surface area contributed by atoms with Crippen LogP contribution in [0.15, 0.2) is 42.6 Å². The number of benzene rings is 1. The number of anilines is 1. The number of amides is 1. The summed E-state index contributed by atoms with van der Waals surface area (Å²) in [7, 11) is 1.65. The lowest BCUT2D eigenvalue weighted by Crippen LogP contribution is -2.45. The predicted octanol–water partition coefficient (Wildman–Crippen LogP) is 2.41. The number of ether oxygens (including phenoxy) is 3. The van der Waals surface area contributed by atoms with E-state index in [0.717, 1.165) is 49.5 Å². The summed E-state index contributed by atoms with van der Waals surface area (Å²) in [5.41, 5.74) is 1.72. The Bertz CT molecular complexity index is 807. The highest BCUT2D eigenvalue weighted by molar-refractivity contribution is 5.94. The maximum absolute atomic E-state index is 12.4. The molecule has 1 spiro atoms. The first kappa shape index (κ1) is 19.7. The summed E-state index contributed by atoms with van der Waals surface area (Å²) < 4.78 is 16.7. The summed E-state index contributed by atoms with van der Waals surface area (Å²) in [6.45, 7) is 3.60. The van der Waals surface area contributed by atoms with Gasteiger partial charge in [-0.15, -0.1) is 0 Å². The van der Waals surface area contributed by atoms with Gasteiger partial charge in [0.25, 0.3) is 5.91 Å². The van der Waals surface area contributed by atoms with Gasteiger partial charge >= 0.3 is 0 Å². The minimum atomic E-state index is -0.389. The van der Waals surface area contributed by atoms with Crippen molar-refractivity contribution in [3.63, 3.8) is 0 Å². The predicted molar refractivity (Wildman–Crippen MR) is 109 cm³/mol. The van der Waals surface area contributed by atoms with E-state index in [1.807, 2.05) is 36.4 Å². The molecule has 0 aliphatic carbocycles. The van der Waals surface area contributed by atoms with Crippen LogP contribution in [0.1, 0.15) is 28.8 Å². The highest BCUT2D eigenvalue weighted by Gasteiger charge is 2.39. The van der Waals surface area contributed by atoms with Crippen molar-refractivity contribution in [2.45, 2.75) is 25.0 Å². The molecule has 1 aromatic heterocycles. The van der Waals surface area contributed by atoms with Gasteiger partial charge in [-0.05, 0) is 36.2 Å². The number of nitrogens with zero attached hydrogens (tertiary/aromatic N) is 2. The first-order valence-corrected chi connectivity index (χ1v) is 10.1. The Hall–Kier alpha value is -2.64. The Morgan fingerprint density at radius 1 is 1.14 bits per heavy atom. The number of carbonyl (C=O) groups is 1. The molecule has 0 unspecified atom stereocenters. The van der Waals surface area contributed by atoms with E-state index in [4.69, 9.17) is 14.2 Å². The number of piperidine rings is 1. The van der Waals surface area contributed by atoms with Gasteiger partial charge in [-0.3, -0.25) is 4.79 Å². The summed E-state index contributed by atoms with van der Waals surface area (Å²) in [6.07, 6.45) is 4.08. The van der Waals surface area contributed by atoms with Gasteiger partial charge in [0.2, 0.25) is 0 Å². The molecule has 2 aromatic rings. The molecule has 0 bridgehead atoms. The lowest BCUT2D eigenvalue weighted by Gasteiger charge is -2.38. The number of hydrogen-bond acceptors (Lipinski definition) is 6. The van der Waals surface area contributed by atoms with E-state index in [0.29, 0.717) is 25.3 Å². The number of methoxy groups -OCH3 is 1. The topological polar surface area (TPSA) is 72.9 Å². The molecule has 2 fully saturated rings. The van der Waals surface area contributed by atoms with Crippen molar-refractivity contribution >= 4 is 11.7 Å². The molecule has 29 heavy (non-hydrogen) atoms. The lowest BCUT2D eigenvalue weighted by atomic mass is 10.0. The van der Waals surface area contributed by atoms with Gasteiger partial charge < -0.3 is 24.4 Å². The largest absolute Gasteiger partial charge is 0.497 e. The minimum absolute atomic E-state index is 0.108. The molecule has 2 aliphatic rings. The molecule has 1 N–H and O–H groups in total. The van der Waals surface area contributed by atoms with E-state index in [9.17, 15) is 4.79 Å². The molecule has 154 valence electrons. The molecule has 1 amide bonds. The fraction of sp³-hybridized carbons (Fsp3) is 0.455. The number of pyridine rings is 1. The molecule has 3 heterocycles. The normalized spacial score (nSPS) is 18.0. The van der Waals surface area contributed by atoms with E-state index in [1.165, 1.54) is 0 Å². The summed E-state index contributed by atoms with van der Waals surface area (Å²) in [6, 6.07) is 11.6. The Labute approximate surface area is 171 Å². The van der Waals surface area contributed by atoms with Crippen LogP contribution in [0.3, 0.4) is 0 Å². The second-order valence-electron chi connectivity index (χ2n) is 7.35. The van der Waals surface area contributed by atoms with Gasteiger partial charge in [-0.2, -0.15) is 0 Å². The number of nitrogens with one attached hydrogen (secondary N) is 1. The average Bonchev–Trinajstić information content (AvgIpc) is 3.23. The molecule has 2 aliphatic heterocycles. The maximum atomic E-state index is 12.4. The van der Waals surface area contributed by atoms with E-state index < -0.39 is 0 Å². The van der Waals surface area contributed by atoms with Gasteiger partial charge in [0.1, 0.15) is 11.6 Å². The molecule has 7 nitrogen and oxygen atoms in total. The van der Waals surface area contributed by atoms with E-state index in [-0.39, 0.29) is 11.7 Å². The summed E-state index contributed by atoms with van der Waals surface area (Å²) in [5.74, 6) is 1.21. The van der Waals surface area contributed by atoms with Crippen LogP contribution >= 0.6 is 0 Å². The fourth-order valence-electron chi connectivity index (χ4n) is 3.78. The van der Waals surface area contributed by atoms with Gasteiger partial charge in [0.05, 0.1) is 25.9 Å². The molecule has 4 rings (SSSR count). The fourth-order valence-corrected chi connectivity index (χ4v) is 3.78. The monoisotopic (exact) mass is 397 g/mol. The van der Waals surface area contributed by atoms with Crippen molar-refractivity contribution in [1.82, 2.24) is 10.3 Å². The lowest BCUT2D eigenvalue weighted by molar-refractivity contribution is -0.169. The van der Waals surface area contributed by atoms with E-state index >= 15 is 0 Å². The quantitative estimate of drug-likeness (QED) is 0.807. The first-order valence-electron chi connectivity index (χ1n) is 10.1. The second-order valence-corrected chi connectivity index (χ2v) is 7.35. The highest BCUT2D eigenvalue weighted by atomic mass is 16.7. The maximum Gasteiger partial charge on any atom is 0.252 e. The Kier molecular flexibility index (Phi) is 5.97. The zero-order valence-corrected chi connectivity index (χ0v) is 16.7. The zero-order chi connectivity index (χ0) is 20.1. The summed E-state index contributed by atoms with van der Waals surface area (Å²) in [4.78, 5) is 19.1. The van der Waals surface area contributed by atoms with Crippen molar-refractivity contribution in [1.29, 1.82) is 0 Å². The van der Waals surface area contributed by atoms with Crippen molar-refractivity contribution < 1.29 is 19.0 Å². The number of aromatic nitrogens is 1. The van der Waals surface area contributed by atoms with Crippen LogP contribution in [0, 0.1) is 0 Å². The second kappa shape index (κ2) is 8.80. The third-order valence-corrected chi connectivity index (χ3v) is 5.53. The standard InChI is InChI=1S/C22H27N3O4/c1-27-19-5-2-17(3-6-19)8-11-23-21(26)18-4-7-20(24-16-18)25-12-9-22(10-13-25)28-14-15-29-22/h2-7,16H,8-15H2,1H3,(H,23,26). The van der Waals surface area contributed by atoms with Crippen LogP contribution in [0.25, 0.3) is 0 Å². The SMILES string of the molecule is COc1ccc(CCNC(=O)c2ccc(N3CCC4(CC3)OCCO4)nc2)cc1. The minimum Gasteiger partial charge on any atom is -0.497 e.